The first-order valence-electron chi connectivity index (χ1n) is 11.0. The molecule has 1 fully saturated rings. The van der Waals surface area contributed by atoms with E-state index in [1.54, 1.807) is 0 Å². The van der Waals surface area contributed by atoms with E-state index in [2.05, 4.69) is 24.0 Å². The largest absolute Gasteiger partial charge is 0.368 e. The van der Waals surface area contributed by atoms with Gasteiger partial charge in [-0.25, -0.2) is 4.98 Å². The fraction of sp³-hybridized carbons (Fsp3) is 0.320. The Kier molecular flexibility index (Phi) is 8.29. The van der Waals surface area contributed by atoms with Gasteiger partial charge in [-0.1, -0.05) is 55.6 Å². The van der Waals surface area contributed by atoms with Crippen molar-refractivity contribution in [3.63, 3.8) is 0 Å². The molecule has 8 nitrogen and oxygen atoms in total. The van der Waals surface area contributed by atoms with Crippen molar-refractivity contribution in [3.05, 3.63) is 65.2 Å². The van der Waals surface area contributed by atoms with Gasteiger partial charge < -0.3 is 16.0 Å². The molecule has 34 heavy (non-hydrogen) atoms. The average Bonchev–Trinajstić information content (AvgIpc) is 2.86. The summed E-state index contributed by atoms with van der Waals surface area (Å²) < 4.78 is 0. The van der Waals surface area contributed by atoms with Gasteiger partial charge in [0.25, 0.3) is 0 Å². The van der Waals surface area contributed by atoms with Crippen molar-refractivity contribution in [3.8, 4) is 12.1 Å². The molecule has 0 spiro atoms. The summed E-state index contributed by atoms with van der Waals surface area (Å²) >= 11 is 1.13. The molecule has 1 atom stereocenters. The van der Waals surface area contributed by atoms with Crippen molar-refractivity contribution in [1.29, 1.82) is 10.5 Å². The summed E-state index contributed by atoms with van der Waals surface area (Å²) in [5.41, 5.74) is 7.69. The maximum absolute atomic E-state index is 12.3. The highest BCUT2D eigenvalue weighted by Gasteiger charge is 2.29. The number of primary amides is 1. The Morgan fingerprint density at radius 1 is 1.26 bits per heavy atom. The highest BCUT2D eigenvalue weighted by Crippen LogP contribution is 2.39. The van der Waals surface area contributed by atoms with Crippen LogP contribution in [0.5, 0.6) is 0 Å². The second-order valence-corrected chi connectivity index (χ2v) is 8.93. The lowest BCUT2D eigenvalue weighted by molar-refractivity contribution is -0.118. The topological polar surface area (TPSA) is 136 Å². The van der Waals surface area contributed by atoms with Gasteiger partial charge >= 0.3 is 0 Å². The fourth-order valence-electron chi connectivity index (χ4n) is 4.02. The Morgan fingerprint density at radius 2 is 1.91 bits per heavy atom. The maximum atomic E-state index is 12.3. The molecule has 3 N–H and O–H groups in total. The highest BCUT2D eigenvalue weighted by atomic mass is 32.2. The Morgan fingerprint density at radius 3 is 2.44 bits per heavy atom. The van der Waals surface area contributed by atoms with Crippen LogP contribution in [0.1, 0.15) is 47.3 Å². The van der Waals surface area contributed by atoms with Crippen molar-refractivity contribution >= 4 is 29.4 Å². The zero-order valence-corrected chi connectivity index (χ0v) is 19.8. The molecule has 0 aliphatic carbocycles. The summed E-state index contributed by atoms with van der Waals surface area (Å²) in [6, 6.07) is 13.5. The molecule has 1 aliphatic rings. The standard InChI is InChI=1S/C25H26N6O2S/c1-3-18-19(14-26)24(31-12-10-17(11-13-31)29-21(32)4-2)30-25(20(18)15-27)34-22(23(28)33)16-8-6-5-7-9-16/h4-9,17,22H,2-3,10-13H2,1H3,(H2,28,33)(H,29,32). The van der Waals surface area contributed by atoms with Gasteiger partial charge in [-0.3, -0.25) is 9.59 Å². The number of hydrogen-bond donors (Lipinski definition) is 2. The van der Waals surface area contributed by atoms with Crippen LogP contribution in [0.25, 0.3) is 0 Å². The second kappa shape index (κ2) is 11.4. The van der Waals surface area contributed by atoms with E-state index in [1.807, 2.05) is 42.2 Å². The van der Waals surface area contributed by atoms with E-state index in [0.29, 0.717) is 65.4 Å². The predicted molar refractivity (Wildman–Crippen MR) is 131 cm³/mol. The summed E-state index contributed by atoms with van der Waals surface area (Å²) in [7, 11) is 0. The summed E-state index contributed by atoms with van der Waals surface area (Å²) in [4.78, 5) is 30.7. The number of piperidine rings is 1. The minimum absolute atomic E-state index is 0.0162. The van der Waals surface area contributed by atoms with Crippen LogP contribution in [0.4, 0.5) is 5.82 Å². The zero-order valence-electron chi connectivity index (χ0n) is 19.0. The van der Waals surface area contributed by atoms with Gasteiger partial charge in [0, 0.05) is 19.1 Å². The lowest BCUT2D eigenvalue weighted by Gasteiger charge is -2.34. The molecule has 1 aromatic heterocycles. The third-order valence-electron chi connectivity index (χ3n) is 5.74. The number of aromatic nitrogens is 1. The fourth-order valence-corrected chi connectivity index (χ4v) is 5.08. The molecule has 2 heterocycles. The number of hydrogen-bond acceptors (Lipinski definition) is 7. The monoisotopic (exact) mass is 474 g/mol. The van der Waals surface area contributed by atoms with E-state index in [1.165, 1.54) is 6.08 Å². The van der Waals surface area contributed by atoms with E-state index in [9.17, 15) is 20.1 Å². The van der Waals surface area contributed by atoms with Crippen LogP contribution in [-0.4, -0.2) is 35.9 Å². The van der Waals surface area contributed by atoms with Crippen molar-refractivity contribution < 1.29 is 9.59 Å². The average molecular weight is 475 g/mol. The molecule has 1 saturated heterocycles. The SMILES string of the molecule is C=CC(=O)NC1CCN(c2nc(SC(C(N)=O)c3ccccc3)c(C#N)c(CC)c2C#N)CC1. The van der Waals surface area contributed by atoms with Gasteiger partial charge in [0.05, 0.1) is 11.1 Å². The van der Waals surface area contributed by atoms with Crippen LogP contribution in [0.15, 0.2) is 48.0 Å². The normalized spacial score (nSPS) is 14.5. The van der Waals surface area contributed by atoms with E-state index in [-0.39, 0.29) is 11.9 Å². The van der Waals surface area contributed by atoms with Crippen molar-refractivity contribution in [1.82, 2.24) is 10.3 Å². The Bertz CT molecular complexity index is 1160. The van der Waals surface area contributed by atoms with Crippen molar-refractivity contribution in [2.24, 2.45) is 5.73 Å². The Labute approximate surface area is 203 Å². The van der Waals surface area contributed by atoms with Gasteiger partial charge in [-0.05, 0) is 36.5 Å². The first kappa shape index (κ1) is 24.8. The number of nitrogens with one attached hydrogen (secondary N) is 1. The van der Waals surface area contributed by atoms with Gasteiger partial charge in [0.1, 0.15) is 28.2 Å². The molecule has 9 heteroatoms. The van der Waals surface area contributed by atoms with Gasteiger partial charge in [-0.15, -0.1) is 0 Å². The molecule has 3 rings (SSSR count). The lowest BCUT2D eigenvalue weighted by Crippen LogP contribution is -2.44. The van der Waals surface area contributed by atoms with Crippen LogP contribution in [0.3, 0.4) is 0 Å². The number of nitrogens with zero attached hydrogens (tertiary/aromatic N) is 4. The molecule has 2 amide bonds. The number of carbonyl (C=O) groups excluding carboxylic acids is 2. The zero-order chi connectivity index (χ0) is 24.7. The summed E-state index contributed by atoms with van der Waals surface area (Å²) in [6.07, 6.45) is 3.09. The first-order valence-corrected chi connectivity index (χ1v) is 11.9. The molecular formula is C25H26N6O2S. The molecule has 1 unspecified atom stereocenters. The van der Waals surface area contributed by atoms with E-state index >= 15 is 0 Å². The molecule has 0 radical (unpaired) electrons. The second-order valence-electron chi connectivity index (χ2n) is 7.83. The molecule has 0 bridgehead atoms. The third kappa shape index (κ3) is 5.38. The maximum Gasteiger partial charge on any atom is 0.243 e. The summed E-state index contributed by atoms with van der Waals surface area (Å²) in [5, 5.41) is 22.4. The van der Waals surface area contributed by atoms with E-state index in [0.717, 1.165) is 11.8 Å². The Balaban J connectivity index is 2.00. The van der Waals surface area contributed by atoms with Crippen LogP contribution in [-0.2, 0) is 16.0 Å². The van der Waals surface area contributed by atoms with Crippen LogP contribution >= 0.6 is 11.8 Å². The minimum Gasteiger partial charge on any atom is -0.368 e. The van der Waals surface area contributed by atoms with E-state index < -0.39 is 11.2 Å². The first-order chi connectivity index (χ1) is 16.4. The summed E-state index contributed by atoms with van der Waals surface area (Å²) in [6.45, 7) is 6.54. The van der Waals surface area contributed by atoms with Gasteiger partial charge in [0.2, 0.25) is 11.8 Å². The number of amides is 2. The van der Waals surface area contributed by atoms with Crippen LogP contribution < -0.4 is 16.0 Å². The number of benzene rings is 1. The highest BCUT2D eigenvalue weighted by molar-refractivity contribution is 8.00. The number of anilines is 1. The molecule has 2 aromatic rings. The van der Waals surface area contributed by atoms with Crippen LogP contribution in [0.2, 0.25) is 0 Å². The van der Waals surface area contributed by atoms with E-state index in [4.69, 9.17) is 10.7 Å². The number of nitriles is 2. The lowest BCUT2D eigenvalue weighted by atomic mass is 10.00. The van der Waals surface area contributed by atoms with Crippen molar-refractivity contribution in [2.45, 2.75) is 42.5 Å². The minimum atomic E-state index is -0.730. The van der Waals surface area contributed by atoms with Crippen molar-refractivity contribution in [2.75, 3.05) is 18.0 Å². The molecule has 1 aromatic carbocycles. The predicted octanol–water partition coefficient (Wildman–Crippen LogP) is 2.98. The molecule has 174 valence electrons. The molecule has 1 aliphatic heterocycles. The molecular weight excluding hydrogens is 448 g/mol. The summed E-state index contributed by atoms with van der Waals surface area (Å²) in [5.74, 6) is -0.256. The number of pyridine rings is 1. The Hall–Kier alpha value is -3.82. The third-order valence-corrected chi connectivity index (χ3v) is 7.00. The quantitative estimate of drug-likeness (QED) is 0.443. The van der Waals surface area contributed by atoms with Crippen LogP contribution in [0, 0.1) is 22.7 Å². The number of rotatable bonds is 8. The smallest absolute Gasteiger partial charge is 0.243 e. The number of thioether (sulfide) groups is 1. The number of nitrogens with two attached hydrogens (primary N) is 1. The number of carbonyl (C=O) groups is 2. The molecule has 0 saturated carbocycles. The van der Waals surface area contributed by atoms with Gasteiger partial charge in [-0.2, -0.15) is 10.5 Å². The van der Waals surface area contributed by atoms with Gasteiger partial charge in [0.15, 0.2) is 0 Å².